The van der Waals surface area contributed by atoms with Crippen molar-refractivity contribution >= 4 is 22.8 Å². The maximum absolute atomic E-state index is 11.7. The van der Waals surface area contributed by atoms with Gasteiger partial charge >= 0.3 is 0 Å². The third-order valence-electron chi connectivity index (χ3n) is 4.48. The molecule has 138 valence electrons. The van der Waals surface area contributed by atoms with Crippen LogP contribution < -0.4 is 9.47 Å². The lowest BCUT2D eigenvalue weighted by atomic mass is 10.0. The van der Waals surface area contributed by atoms with E-state index >= 15 is 0 Å². The number of ketones is 1. The van der Waals surface area contributed by atoms with Gasteiger partial charge in [0.15, 0.2) is 17.3 Å². The van der Waals surface area contributed by atoms with Crippen LogP contribution >= 0.6 is 0 Å². The number of carbonyl (C=O) groups excluding carboxylic acids is 1. The summed E-state index contributed by atoms with van der Waals surface area (Å²) in [5, 5.41) is 9.49. The third-order valence-corrected chi connectivity index (χ3v) is 4.48. The zero-order valence-electron chi connectivity index (χ0n) is 15.3. The van der Waals surface area contributed by atoms with Crippen LogP contribution in [0.2, 0.25) is 0 Å². The van der Waals surface area contributed by atoms with E-state index in [0.29, 0.717) is 48.1 Å². The molecule has 0 saturated carbocycles. The van der Waals surface area contributed by atoms with Crippen molar-refractivity contribution in [3.05, 3.63) is 41.8 Å². The molecular weight excluding hydrogens is 344 g/mol. The highest BCUT2D eigenvalue weighted by atomic mass is 16.6. The largest absolute Gasteiger partial charge is 0.486 e. The van der Waals surface area contributed by atoms with Crippen molar-refractivity contribution < 1.29 is 18.7 Å². The average molecular weight is 364 g/mol. The number of ether oxygens (including phenoxy) is 2. The molecule has 4 rings (SSSR count). The molecule has 0 aliphatic carbocycles. The number of carbonyl (C=O) groups is 1. The van der Waals surface area contributed by atoms with Crippen molar-refractivity contribution in [2.75, 3.05) is 13.2 Å². The fourth-order valence-electron chi connectivity index (χ4n) is 3.02. The van der Waals surface area contributed by atoms with Crippen molar-refractivity contribution in [2.45, 2.75) is 26.7 Å². The Balaban J connectivity index is 1.94. The van der Waals surface area contributed by atoms with Gasteiger partial charge in [0.1, 0.15) is 24.7 Å². The van der Waals surface area contributed by atoms with E-state index < -0.39 is 0 Å². The lowest BCUT2D eigenvalue weighted by Gasteiger charge is -2.19. The molecular formula is C21H20N2O4. The van der Waals surface area contributed by atoms with Crippen LogP contribution in [-0.4, -0.2) is 29.2 Å². The van der Waals surface area contributed by atoms with Crippen molar-refractivity contribution in [3.8, 4) is 22.8 Å². The van der Waals surface area contributed by atoms with Gasteiger partial charge in [-0.05, 0) is 30.4 Å². The molecule has 0 radical (unpaired) electrons. The van der Waals surface area contributed by atoms with Crippen molar-refractivity contribution in [2.24, 2.45) is 0 Å². The first kappa shape index (κ1) is 17.3. The zero-order valence-corrected chi connectivity index (χ0v) is 15.3. The van der Waals surface area contributed by atoms with Crippen LogP contribution in [-0.2, 0) is 11.2 Å². The van der Waals surface area contributed by atoms with Crippen molar-refractivity contribution in [3.63, 3.8) is 0 Å². The lowest BCUT2D eigenvalue weighted by molar-refractivity contribution is -0.114. The highest BCUT2D eigenvalue weighted by Crippen LogP contribution is 2.39. The average Bonchev–Trinajstić information content (AvgIpc) is 3.18. The molecule has 0 unspecified atom stereocenters. The van der Waals surface area contributed by atoms with Gasteiger partial charge in [0.2, 0.25) is 0 Å². The Morgan fingerprint density at radius 2 is 1.89 bits per heavy atom. The standard InChI is InChI=1S/C21H20N2O4/c1-3-13(24)5-7-16-21(18-8-6-14(4-2)27-18)15-11-19-20(26-10-9-25-19)12-17(15)23-22-16/h5-8,11-12H,3-4,9-10H2,1-2H3/b7-5-. The molecule has 6 nitrogen and oxygen atoms in total. The highest BCUT2D eigenvalue weighted by molar-refractivity contribution is 6.00. The van der Waals surface area contributed by atoms with Gasteiger partial charge in [-0.25, -0.2) is 0 Å². The lowest BCUT2D eigenvalue weighted by Crippen LogP contribution is -2.15. The van der Waals surface area contributed by atoms with E-state index in [1.165, 1.54) is 6.08 Å². The normalized spacial score (nSPS) is 13.4. The summed E-state index contributed by atoms with van der Waals surface area (Å²) in [5.41, 5.74) is 2.05. The highest BCUT2D eigenvalue weighted by Gasteiger charge is 2.20. The quantitative estimate of drug-likeness (QED) is 0.631. The van der Waals surface area contributed by atoms with Crippen LogP contribution in [0.5, 0.6) is 11.5 Å². The van der Waals surface area contributed by atoms with E-state index in [2.05, 4.69) is 10.2 Å². The second-order valence-electron chi connectivity index (χ2n) is 6.25. The summed E-state index contributed by atoms with van der Waals surface area (Å²) in [7, 11) is 0. The molecule has 1 aromatic carbocycles. The van der Waals surface area contributed by atoms with Crippen molar-refractivity contribution in [1.29, 1.82) is 0 Å². The van der Waals surface area contributed by atoms with Crippen LogP contribution in [0.1, 0.15) is 31.7 Å². The molecule has 0 bridgehead atoms. The van der Waals surface area contributed by atoms with Gasteiger partial charge in [0.25, 0.3) is 0 Å². The van der Waals surface area contributed by atoms with E-state index in [0.717, 1.165) is 23.1 Å². The molecule has 0 atom stereocenters. The van der Waals surface area contributed by atoms with Crippen LogP contribution in [0.4, 0.5) is 0 Å². The first-order chi connectivity index (χ1) is 13.2. The molecule has 0 N–H and O–H groups in total. The Morgan fingerprint density at radius 1 is 1.11 bits per heavy atom. The molecule has 0 amide bonds. The van der Waals surface area contributed by atoms with Gasteiger partial charge in [-0.1, -0.05) is 13.8 Å². The molecule has 27 heavy (non-hydrogen) atoms. The molecule has 0 fully saturated rings. The number of rotatable bonds is 5. The minimum atomic E-state index is 0.0266. The number of nitrogens with zero attached hydrogens (tertiary/aromatic N) is 2. The summed E-state index contributed by atoms with van der Waals surface area (Å²) in [6, 6.07) is 7.60. The number of fused-ring (bicyclic) bond motifs is 2. The molecule has 1 aliphatic heterocycles. The van der Waals surface area contributed by atoms with Crippen LogP contribution in [0.15, 0.2) is 34.8 Å². The number of hydrogen-bond acceptors (Lipinski definition) is 6. The number of furan rings is 1. The van der Waals surface area contributed by atoms with Crippen LogP contribution in [0.25, 0.3) is 28.3 Å². The summed E-state index contributed by atoms with van der Waals surface area (Å²) in [6.07, 6.45) is 4.45. The number of aryl methyl sites for hydroxylation is 1. The SMILES string of the molecule is CCC(=O)/C=C\c1nnc2cc3c(cc2c1-c1ccc(CC)o1)OCCO3. The van der Waals surface area contributed by atoms with Gasteiger partial charge < -0.3 is 13.9 Å². The first-order valence-corrected chi connectivity index (χ1v) is 9.09. The van der Waals surface area contributed by atoms with Gasteiger partial charge in [-0.2, -0.15) is 0 Å². The van der Waals surface area contributed by atoms with E-state index in [9.17, 15) is 4.79 Å². The summed E-state index contributed by atoms with van der Waals surface area (Å²) >= 11 is 0. The summed E-state index contributed by atoms with van der Waals surface area (Å²) in [5.74, 6) is 2.93. The first-order valence-electron chi connectivity index (χ1n) is 9.09. The zero-order chi connectivity index (χ0) is 18.8. The Bertz CT molecular complexity index is 1040. The molecule has 3 aromatic rings. The molecule has 6 heteroatoms. The van der Waals surface area contributed by atoms with E-state index in [1.807, 2.05) is 38.1 Å². The number of aromatic nitrogens is 2. The Labute approximate surface area is 156 Å². The summed E-state index contributed by atoms with van der Waals surface area (Å²) in [6.45, 7) is 4.87. The number of benzene rings is 1. The molecule has 0 spiro atoms. The van der Waals surface area contributed by atoms with Gasteiger partial charge in [-0.15, -0.1) is 10.2 Å². The van der Waals surface area contributed by atoms with E-state index in [-0.39, 0.29) is 5.78 Å². The fraction of sp³-hybridized carbons (Fsp3) is 0.286. The summed E-state index contributed by atoms with van der Waals surface area (Å²) < 4.78 is 17.4. The predicted molar refractivity (Wildman–Crippen MR) is 102 cm³/mol. The molecule has 1 aliphatic rings. The predicted octanol–water partition coefficient (Wildman–Crippen LogP) is 4.22. The summed E-state index contributed by atoms with van der Waals surface area (Å²) in [4.78, 5) is 11.7. The molecule has 2 aromatic heterocycles. The Kier molecular flexibility index (Phi) is 4.62. The maximum atomic E-state index is 11.7. The second-order valence-corrected chi connectivity index (χ2v) is 6.25. The minimum absolute atomic E-state index is 0.0266. The molecule has 3 heterocycles. The minimum Gasteiger partial charge on any atom is -0.486 e. The van der Waals surface area contributed by atoms with Crippen molar-refractivity contribution in [1.82, 2.24) is 10.2 Å². The van der Waals surface area contributed by atoms with Gasteiger partial charge in [0, 0.05) is 24.3 Å². The third kappa shape index (κ3) is 3.30. The number of allylic oxidation sites excluding steroid dienone is 1. The monoisotopic (exact) mass is 364 g/mol. The van der Waals surface area contributed by atoms with E-state index in [1.54, 1.807) is 6.08 Å². The van der Waals surface area contributed by atoms with Gasteiger partial charge in [-0.3, -0.25) is 4.79 Å². The maximum Gasteiger partial charge on any atom is 0.163 e. The molecule has 0 saturated heterocycles. The van der Waals surface area contributed by atoms with Crippen LogP contribution in [0, 0.1) is 0 Å². The van der Waals surface area contributed by atoms with Crippen LogP contribution in [0.3, 0.4) is 0 Å². The fourth-order valence-corrected chi connectivity index (χ4v) is 3.02. The Morgan fingerprint density at radius 3 is 2.59 bits per heavy atom. The van der Waals surface area contributed by atoms with E-state index in [4.69, 9.17) is 13.9 Å². The topological polar surface area (TPSA) is 74.5 Å². The second kappa shape index (κ2) is 7.23. The number of hydrogen-bond donors (Lipinski definition) is 0. The smallest absolute Gasteiger partial charge is 0.163 e. The Hall–Kier alpha value is -3.15. The van der Waals surface area contributed by atoms with Gasteiger partial charge in [0.05, 0.1) is 16.8 Å².